The number of hydrogen-bond donors (Lipinski definition) is 1. The summed E-state index contributed by atoms with van der Waals surface area (Å²) < 4.78 is 4.91. The maximum atomic E-state index is 11.2. The predicted octanol–water partition coefficient (Wildman–Crippen LogP) is 2.60. The summed E-state index contributed by atoms with van der Waals surface area (Å²) in [5.41, 5.74) is 0.253. The van der Waals surface area contributed by atoms with Crippen molar-refractivity contribution in [3.8, 4) is 0 Å². The van der Waals surface area contributed by atoms with Gasteiger partial charge in [-0.25, -0.2) is 0 Å². The number of carbonyl (C=O) groups is 1. The van der Waals surface area contributed by atoms with Crippen LogP contribution in [0.5, 0.6) is 0 Å². The molecule has 0 bridgehead atoms. The Hall–Kier alpha value is -0.570. The number of hydrogen-bond acceptors (Lipinski definition) is 3. The van der Waals surface area contributed by atoms with Gasteiger partial charge in [0, 0.05) is 12.6 Å². The molecular weight excluding hydrogens is 202 g/mol. The highest BCUT2D eigenvalue weighted by atomic mass is 16.5. The van der Waals surface area contributed by atoms with Crippen LogP contribution < -0.4 is 5.32 Å². The third kappa shape index (κ3) is 6.11. The molecule has 0 aromatic carbocycles. The molecule has 0 amide bonds. The molecule has 0 aromatic rings. The second-order valence-electron chi connectivity index (χ2n) is 5.43. The van der Waals surface area contributed by atoms with Gasteiger partial charge in [-0.05, 0) is 25.2 Å². The fourth-order valence-corrected chi connectivity index (χ4v) is 1.18. The van der Waals surface area contributed by atoms with Crippen LogP contribution in [0.15, 0.2) is 0 Å². The highest BCUT2D eigenvalue weighted by molar-refractivity contribution is 5.69. The van der Waals surface area contributed by atoms with E-state index in [2.05, 4.69) is 33.0 Å². The molecule has 0 aliphatic rings. The largest absolute Gasteiger partial charge is 0.466 e. The van der Waals surface area contributed by atoms with Crippen molar-refractivity contribution >= 4 is 5.97 Å². The molecule has 0 saturated heterocycles. The van der Waals surface area contributed by atoms with E-state index in [0.29, 0.717) is 18.9 Å². The molecule has 1 atom stereocenters. The van der Waals surface area contributed by atoms with E-state index >= 15 is 0 Å². The minimum absolute atomic E-state index is 0.121. The Labute approximate surface area is 99.9 Å². The number of ether oxygens (including phenoxy) is 1. The Bertz CT molecular complexity index is 212. The summed E-state index contributed by atoms with van der Waals surface area (Å²) in [7, 11) is 0. The molecule has 1 unspecified atom stereocenters. The number of carbonyl (C=O) groups excluding carboxylic acids is 1. The minimum atomic E-state index is -0.121. The third-order valence-electron chi connectivity index (χ3n) is 3.25. The lowest BCUT2D eigenvalue weighted by atomic mass is 9.81. The van der Waals surface area contributed by atoms with Crippen LogP contribution in [0.1, 0.15) is 48.0 Å². The van der Waals surface area contributed by atoms with Gasteiger partial charge in [0.25, 0.3) is 0 Å². The van der Waals surface area contributed by atoms with Crippen molar-refractivity contribution in [2.75, 3.05) is 13.2 Å². The second kappa shape index (κ2) is 6.89. The summed E-state index contributed by atoms with van der Waals surface area (Å²) in [6.07, 6.45) is 0.446. The minimum Gasteiger partial charge on any atom is -0.466 e. The average Bonchev–Trinajstić information content (AvgIpc) is 2.15. The molecule has 3 nitrogen and oxygen atoms in total. The van der Waals surface area contributed by atoms with Crippen LogP contribution in [0.25, 0.3) is 0 Å². The van der Waals surface area contributed by atoms with E-state index in [0.717, 1.165) is 6.54 Å². The Balaban J connectivity index is 3.89. The van der Waals surface area contributed by atoms with Crippen molar-refractivity contribution < 1.29 is 9.53 Å². The molecule has 96 valence electrons. The van der Waals surface area contributed by atoms with Gasteiger partial charge in [0.1, 0.15) is 0 Å². The summed E-state index contributed by atoms with van der Waals surface area (Å²) in [5.74, 6) is 0.500. The molecule has 0 heterocycles. The summed E-state index contributed by atoms with van der Waals surface area (Å²) in [5, 5.41) is 3.39. The lowest BCUT2D eigenvalue weighted by Gasteiger charge is -2.31. The van der Waals surface area contributed by atoms with E-state index in [-0.39, 0.29) is 17.4 Å². The predicted molar refractivity (Wildman–Crippen MR) is 67.3 cm³/mol. The monoisotopic (exact) mass is 229 g/mol. The van der Waals surface area contributed by atoms with E-state index in [1.165, 1.54) is 0 Å². The summed E-state index contributed by atoms with van der Waals surface area (Å²) in [4.78, 5) is 11.2. The zero-order valence-electron chi connectivity index (χ0n) is 11.6. The lowest BCUT2D eigenvalue weighted by Crippen LogP contribution is -2.39. The van der Waals surface area contributed by atoms with Gasteiger partial charge in [0.2, 0.25) is 0 Å². The first-order chi connectivity index (χ1) is 7.29. The van der Waals surface area contributed by atoms with Crippen molar-refractivity contribution in [3.63, 3.8) is 0 Å². The fourth-order valence-electron chi connectivity index (χ4n) is 1.18. The van der Waals surface area contributed by atoms with Crippen LogP contribution in [0.4, 0.5) is 0 Å². The first-order valence-electron chi connectivity index (χ1n) is 6.18. The van der Waals surface area contributed by atoms with Crippen molar-refractivity contribution in [1.29, 1.82) is 0 Å². The molecule has 0 rings (SSSR count). The smallest absolute Gasteiger partial charge is 0.307 e. The maximum Gasteiger partial charge on any atom is 0.307 e. The van der Waals surface area contributed by atoms with Crippen LogP contribution >= 0.6 is 0 Å². The van der Waals surface area contributed by atoms with Crippen LogP contribution in [-0.4, -0.2) is 25.2 Å². The first-order valence-corrected chi connectivity index (χ1v) is 6.18. The summed E-state index contributed by atoms with van der Waals surface area (Å²) in [6.45, 7) is 14.2. The van der Waals surface area contributed by atoms with Crippen molar-refractivity contribution in [2.45, 2.75) is 54.0 Å². The molecule has 0 spiro atoms. The van der Waals surface area contributed by atoms with E-state index in [4.69, 9.17) is 4.74 Å². The van der Waals surface area contributed by atoms with Crippen LogP contribution in [0, 0.1) is 11.3 Å². The van der Waals surface area contributed by atoms with E-state index in [9.17, 15) is 4.79 Å². The topological polar surface area (TPSA) is 38.3 Å². The van der Waals surface area contributed by atoms with Gasteiger partial charge in [-0.1, -0.05) is 27.7 Å². The lowest BCUT2D eigenvalue weighted by molar-refractivity contribution is -0.143. The summed E-state index contributed by atoms with van der Waals surface area (Å²) in [6, 6.07) is 0.178. The molecule has 16 heavy (non-hydrogen) atoms. The van der Waals surface area contributed by atoms with E-state index < -0.39 is 0 Å². The molecule has 0 fully saturated rings. The van der Waals surface area contributed by atoms with Crippen LogP contribution in [0.2, 0.25) is 0 Å². The number of rotatable bonds is 7. The van der Waals surface area contributed by atoms with E-state index in [1.54, 1.807) is 0 Å². The quantitative estimate of drug-likeness (QED) is 0.682. The summed E-state index contributed by atoms with van der Waals surface area (Å²) >= 11 is 0. The normalized spacial score (nSPS) is 13.9. The van der Waals surface area contributed by atoms with Crippen LogP contribution in [0.3, 0.4) is 0 Å². The highest BCUT2D eigenvalue weighted by Crippen LogP contribution is 2.24. The van der Waals surface area contributed by atoms with Gasteiger partial charge < -0.3 is 10.1 Å². The zero-order chi connectivity index (χ0) is 12.8. The van der Waals surface area contributed by atoms with Gasteiger partial charge in [-0.3, -0.25) is 4.79 Å². The molecule has 0 saturated carbocycles. The molecular formula is C13H27NO2. The van der Waals surface area contributed by atoms with E-state index in [1.807, 2.05) is 13.8 Å². The van der Waals surface area contributed by atoms with Gasteiger partial charge in [-0.15, -0.1) is 0 Å². The molecule has 0 radical (unpaired) electrons. The second-order valence-corrected chi connectivity index (χ2v) is 5.43. The van der Waals surface area contributed by atoms with Crippen molar-refractivity contribution in [2.24, 2.45) is 11.3 Å². The Morgan fingerprint density at radius 1 is 1.31 bits per heavy atom. The molecule has 3 heteroatoms. The van der Waals surface area contributed by atoms with Crippen molar-refractivity contribution in [1.82, 2.24) is 5.32 Å². The standard InChI is InChI=1S/C13H27NO2/c1-7-16-12(15)8-11(4)14-9-13(5,6)10(2)3/h10-11,14H,7-9H2,1-6H3. The molecule has 0 aliphatic carbocycles. The van der Waals surface area contributed by atoms with Gasteiger partial charge in [-0.2, -0.15) is 0 Å². The van der Waals surface area contributed by atoms with Gasteiger partial charge >= 0.3 is 5.97 Å². The number of esters is 1. The van der Waals surface area contributed by atoms with Gasteiger partial charge in [0.05, 0.1) is 13.0 Å². The molecule has 0 aliphatic heterocycles. The molecule has 1 N–H and O–H groups in total. The van der Waals surface area contributed by atoms with Crippen LogP contribution in [-0.2, 0) is 9.53 Å². The Morgan fingerprint density at radius 2 is 1.88 bits per heavy atom. The Morgan fingerprint density at radius 3 is 2.31 bits per heavy atom. The third-order valence-corrected chi connectivity index (χ3v) is 3.25. The Kier molecular flexibility index (Phi) is 6.65. The zero-order valence-corrected chi connectivity index (χ0v) is 11.6. The fraction of sp³-hybridized carbons (Fsp3) is 0.923. The maximum absolute atomic E-state index is 11.2. The van der Waals surface area contributed by atoms with Gasteiger partial charge in [0.15, 0.2) is 0 Å². The highest BCUT2D eigenvalue weighted by Gasteiger charge is 2.23. The SMILES string of the molecule is CCOC(=O)CC(C)NCC(C)(C)C(C)C. The molecule has 0 aromatic heterocycles. The average molecular weight is 229 g/mol. The number of nitrogens with one attached hydrogen (secondary N) is 1. The first kappa shape index (κ1) is 15.4. The van der Waals surface area contributed by atoms with Crippen molar-refractivity contribution in [3.05, 3.63) is 0 Å².